The lowest BCUT2D eigenvalue weighted by atomic mass is 9.87. The van der Waals surface area contributed by atoms with Gasteiger partial charge in [-0.2, -0.15) is 0 Å². The zero-order valence-corrected chi connectivity index (χ0v) is 11.6. The van der Waals surface area contributed by atoms with Gasteiger partial charge >= 0.3 is 0 Å². The molecule has 0 aliphatic carbocycles. The second kappa shape index (κ2) is 5.41. The summed E-state index contributed by atoms with van der Waals surface area (Å²) in [6, 6.07) is 9.84. The van der Waals surface area contributed by atoms with E-state index >= 15 is 0 Å². The van der Waals surface area contributed by atoms with Crippen molar-refractivity contribution >= 4 is 23.3 Å². The summed E-state index contributed by atoms with van der Waals surface area (Å²) in [5.74, 6) is -3.41. The van der Waals surface area contributed by atoms with Crippen molar-refractivity contribution in [2.45, 2.75) is 10.8 Å². The molecule has 0 N–H and O–H groups in total. The van der Waals surface area contributed by atoms with Crippen LogP contribution in [0, 0.1) is 11.6 Å². The molecule has 3 rings (SSSR count). The van der Waals surface area contributed by atoms with Crippen LogP contribution < -0.4 is 0 Å². The van der Waals surface area contributed by atoms with Crippen molar-refractivity contribution in [3.63, 3.8) is 0 Å². The summed E-state index contributed by atoms with van der Waals surface area (Å²) >= 11 is 1.36. The molecule has 21 heavy (non-hydrogen) atoms. The summed E-state index contributed by atoms with van der Waals surface area (Å²) in [5, 5.41) is 0. The molecule has 106 valence electrons. The number of benzene rings is 2. The van der Waals surface area contributed by atoms with E-state index in [0.29, 0.717) is 11.6 Å². The number of Topliss-reactive ketones (excluding diaryl/α,β-unsaturated/α-hetero) is 2. The van der Waals surface area contributed by atoms with Crippen molar-refractivity contribution in [1.82, 2.24) is 0 Å². The van der Waals surface area contributed by atoms with E-state index in [0.717, 1.165) is 17.0 Å². The molecule has 5 heteroatoms. The largest absolute Gasteiger partial charge is 0.298 e. The Morgan fingerprint density at radius 1 is 1.14 bits per heavy atom. The minimum atomic E-state index is -1.01. The molecule has 2 aromatic carbocycles. The highest BCUT2D eigenvalue weighted by Crippen LogP contribution is 2.37. The molecule has 0 fully saturated rings. The lowest BCUT2D eigenvalue weighted by Crippen LogP contribution is -2.28. The van der Waals surface area contributed by atoms with E-state index in [1.807, 2.05) is 12.1 Å². The maximum atomic E-state index is 13.8. The molecular formula is C16H10F2O2S. The summed E-state index contributed by atoms with van der Waals surface area (Å²) in [6.45, 7) is 0. The van der Waals surface area contributed by atoms with Gasteiger partial charge in [0.15, 0.2) is 11.6 Å². The van der Waals surface area contributed by atoms with E-state index in [4.69, 9.17) is 0 Å². The first-order valence-electron chi connectivity index (χ1n) is 6.31. The second-order valence-corrected chi connectivity index (χ2v) is 5.73. The van der Waals surface area contributed by atoms with Gasteiger partial charge < -0.3 is 0 Å². The number of halogens is 2. The first-order chi connectivity index (χ1) is 10.1. The molecular weight excluding hydrogens is 294 g/mol. The Hall–Kier alpha value is -2.01. The van der Waals surface area contributed by atoms with Gasteiger partial charge in [0.1, 0.15) is 17.6 Å². The quantitative estimate of drug-likeness (QED) is 0.628. The van der Waals surface area contributed by atoms with E-state index < -0.39 is 23.3 Å². The summed E-state index contributed by atoms with van der Waals surface area (Å²) in [5.41, 5.74) is 0.337. The Kier molecular flexibility index (Phi) is 3.59. The lowest BCUT2D eigenvalue weighted by Gasteiger charge is -2.23. The Morgan fingerprint density at radius 2 is 1.90 bits per heavy atom. The molecule has 0 spiro atoms. The molecule has 0 saturated carbocycles. The fourth-order valence-electron chi connectivity index (χ4n) is 2.39. The van der Waals surface area contributed by atoms with Crippen LogP contribution in [0.4, 0.5) is 8.78 Å². The van der Waals surface area contributed by atoms with Gasteiger partial charge in [0.2, 0.25) is 0 Å². The van der Waals surface area contributed by atoms with Gasteiger partial charge in [-0.25, -0.2) is 8.78 Å². The number of carbonyl (C=O) groups is 2. The number of hydrogen-bond acceptors (Lipinski definition) is 3. The predicted octanol–water partition coefficient (Wildman–Crippen LogP) is 3.61. The van der Waals surface area contributed by atoms with Crippen LogP contribution >= 0.6 is 11.8 Å². The fraction of sp³-hybridized carbons (Fsp3) is 0.125. The van der Waals surface area contributed by atoms with E-state index in [1.165, 1.54) is 11.8 Å². The van der Waals surface area contributed by atoms with Crippen LogP contribution in [0.5, 0.6) is 0 Å². The predicted molar refractivity (Wildman–Crippen MR) is 75.6 cm³/mol. The second-order valence-electron chi connectivity index (χ2n) is 4.71. The van der Waals surface area contributed by atoms with E-state index in [-0.39, 0.29) is 17.1 Å². The summed E-state index contributed by atoms with van der Waals surface area (Å²) in [6.07, 6.45) is 0. The number of hydrogen-bond donors (Lipinski definition) is 0. The van der Waals surface area contributed by atoms with Crippen molar-refractivity contribution in [2.24, 2.45) is 0 Å². The number of carbonyl (C=O) groups excluding carboxylic acids is 2. The van der Waals surface area contributed by atoms with Crippen molar-refractivity contribution in [3.8, 4) is 0 Å². The van der Waals surface area contributed by atoms with Crippen LogP contribution in [0.15, 0.2) is 47.4 Å². The van der Waals surface area contributed by atoms with E-state index in [9.17, 15) is 18.4 Å². The maximum Gasteiger partial charge on any atom is 0.180 e. The van der Waals surface area contributed by atoms with Gasteiger partial charge in [-0.05, 0) is 23.8 Å². The Morgan fingerprint density at radius 3 is 2.67 bits per heavy atom. The van der Waals surface area contributed by atoms with Crippen LogP contribution in [0.2, 0.25) is 0 Å². The topological polar surface area (TPSA) is 34.1 Å². The van der Waals surface area contributed by atoms with Crippen LogP contribution in [0.1, 0.15) is 21.8 Å². The van der Waals surface area contributed by atoms with Gasteiger partial charge in [0, 0.05) is 11.0 Å². The highest BCUT2D eigenvalue weighted by atomic mass is 32.2. The molecule has 0 aromatic heterocycles. The number of fused-ring (bicyclic) bond motifs is 1. The Labute approximate surface area is 124 Å². The van der Waals surface area contributed by atoms with Gasteiger partial charge in [0.25, 0.3) is 0 Å². The van der Waals surface area contributed by atoms with E-state index in [1.54, 1.807) is 12.1 Å². The van der Waals surface area contributed by atoms with Crippen LogP contribution in [0.25, 0.3) is 0 Å². The fourth-order valence-corrected chi connectivity index (χ4v) is 3.38. The molecule has 0 amide bonds. The molecule has 1 atom stereocenters. The lowest BCUT2D eigenvalue weighted by molar-refractivity contribution is -0.117. The molecule has 1 heterocycles. The molecule has 0 bridgehead atoms. The third-order valence-electron chi connectivity index (χ3n) is 3.38. The molecule has 2 nitrogen and oxygen atoms in total. The minimum Gasteiger partial charge on any atom is -0.298 e. The Bertz CT molecular complexity index is 743. The summed E-state index contributed by atoms with van der Waals surface area (Å²) in [4.78, 5) is 25.5. The average molecular weight is 304 g/mol. The third kappa shape index (κ3) is 2.49. The molecule has 1 aliphatic rings. The smallest absolute Gasteiger partial charge is 0.180 e. The zero-order chi connectivity index (χ0) is 15.0. The van der Waals surface area contributed by atoms with E-state index in [2.05, 4.69) is 0 Å². The van der Waals surface area contributed by atoms with Crippen molar-refractivity contribution in [1.29, 1.82) is 0 Å². The molecule has 1 aliphatic heterocycles. The minimum absolute atomic E-state index is 0.177. The molecule has 0 radical (unpaired) electrons. The molecule has 0 saturated heterocycles. The maximum absolute atomic E-state index is 13.8. The average Bonchev–Trinajstić information content (AvgIpc) is 2.46. The zero-order valence-electron chi connectivity index (χ0n) is 10.8. The number of thioether (sulfide) groups is 1. The summed E-state index contributed by atoms with van der Waals surface area (Å²) in [7, 11) is 0. The highest BCUT2D eigenvalue weighted by Gasteiger charge is 2.35. The number of ketones is 2. The van der Waals surface area contributed by atoms with Gasteiger partial charge in [-0.3, -0.25) is 9.59 Å². The first kappa shape index (κ1) is 13.9. The highest BCUT2D eigenvalue weighted by molar-refractivity contribution is 8.00. The van der Waals surface area contributed by atoms with Crippen LogP contribution in [-0.4, -0.2) is 17.3 Å². The molecule has 1 unspecified atom stereocenters. The Balaban J connectivity index is 2.07. The summed E-state index contributed by atoms with van der Waals surface area (Å²) < 4.78 is 26.7. The standard InChI is InChI=1S/C16H10F2O2S/c17-9-5-6-10(12(18)7-9)16(20)15-11-3-1-2-4-14(11)21-8-13(15)19/h1-7,15H,8H2. The third-order valence-corrected chi connectivity index (χ3v) is 4.49. The van der Waals surface area contributed by atoms with Gasteiger partial charge in [-0.15, -0.1) is 11.8 Å². The number of rotatable bonds is 2. The molecule has 2 aromatic rings. The van der Waals surface area contributed by atoms with Gasteiger partial charge in [-0.1, -0.05) is 18.2 Å². The normalized spacial score (nSPS) is 17.4. The van der Waals surface area contributed by atoms with Crippen molar-refractivity contribution in [2.75, 3.05) is 5.75 Å². The SMILES string of the molecule is O=C1CSc2ccccc2C1C(=O)c1ccc(F)cc1F. The monoisotopic (exact) mass is 304 g/mol. The van der Waals surface area contributed by atoms with Crippen molar-refractivity contribution < 1.29 is 18.4 Å². The first-order valence-corrected chi connectivity index (χ1v) is 7.30. The van der Waals surface area contributed by atoms with Crippen LogP contribution in [-0.2, 0) is 4.79 Å². The van der Waals surface area contributed by atoms with Gasteiger partial charge in [0.05, 0.1) is 11.3 Å². The van der Waals surface area contributed by atoms with Crippen LogP contribution in [0.3, 0.4) is 0 Å². The van der Waals surface area contributed by atoms with Crippen molar-refractivity contribution in [3.05, 3.63) is 65.2 Å².